The molecule has 184 valence electrons. The van der Waals surface area contributed by atoms with E-state index in [2.05, 4.69) is 55.4 Å². The van der Waals surface area contributed by atoms with Crippen LogP contribution in [0.5, 0.6) is 0 Å². The fraction of sp³-hybridized carbons (Fsp3) is 0.536. The highest BCUT2D eigenvalue weighted by Gasteiger charge is 2.44. The monoisotopic (exact) mass is 472 g/mol. The number of hydrogen-bond acceptors (Lipinski definition) is 5. The van der Waals surface area contributed by atoms with E-state index in [-0.39, 0.29) is 5.91 Å². The van der Waals surface area contributed by atoms with Gasteiger partial charge >= 0.3 is 0 Å². The highest BCUT2D eigenvalue weighted by molar-refractivity contribution is 5.95. The van der Waals surface area contributed by atoms with Crippen LogP contribution < -0.4 is 5.32 Å². The number of carbonyl (C=O) groups excluding carboxylic acids is 1. The molecule has 0 bridgehead atoms. The molecule has 7 nitrogen and oxygen atoms in total. The summed E-state index contributed by atoms with van der Waals surface area (Å²) in [5.41, 5.74) is 5.18. The molecule has 1 aliphatic carbocycles. The number of amides is 1. The number of aromatic nitrogens is 3. The van der Waals surface area contributed by atoms with Crippen LogP contribution >= 0.6 is 0 Å². The molecule has 1 spiro atoms. The molecular weight excluding hydrogens is 436 g/mol. The van der Waals surface area contributed by atoms with Crippen LogP contribution in [0.4, 0.5) is 5.82 Å². The lowest BCUT2D eigenvalue weighted by molar-refractivity contribution is -0.117. The molecule has 2 saturated heterocycles. The number of H-pyrrole nitrogens is 1. The van der Waals surface area contributed by atoms with Crippen molar-refractivity contribution < 1.29 is 4.79 Å². The Morgan fingerprint density at radius 2 is 1.80 bits per heavy atom. The van der Waals surface area contributed by atoms with E-state index in [0.717, 1.165) is 60.4 Å². The van der Waals surface area contributed by atoms with Gasteiger partial charge in [0, 0.05) is 29.4 Å². The zero-order chi connectivity index (χ0) is 23.8. The lowest BCUT2D eigenvalue weighted by Gasteiger charge is -2.31. The summed E-state index contributed by atoms with van der Waals surface area (Å²) in [5.74, 6) is 0.641. The van der Waals surface area contributed by atoms with Gasteiger partial charge in [0.1, 0.15) is 5.82 Å². The number of aryl methyl sites for hydroxylation is 1. The molecule has 35 heavy (non-hydrogen) atoms. The van der Waals surface area contributed by atoms with Gasteiger partial charge in [0.2, 0.25) is 5.91 Å². The number of carbonyl (C=O) groups is 1. The second-order valence-electron chi connectivity index (χ2n) is 11.0. The summed E-state index contributed by atoms with van der Waals surface area (Å²) in [6, 6.07) is 8.46. The summed E-state index contributed by atoms with van der Waals surface area (Å²) in [5, 5.41) is 13.0. The molecular formula is C28H36N6O. The predicted octanol–water partition coefficient (Wildman–Crippen LogP) is 4.73. The fourth-order valence-electron chi connectivity index (χ4n) is 5.92. The molecule has 3 aromatic rings. The van der Waals surface area contributed by atoms with Crippen molar-refractivity contribution in [3.05, 3.63) is 41.9 Å². The van der Waals surface area contributed by atoms with Gasteiger partial charge in [-0.15, -0.1) is 0 Å². The van der Waals surface area contributed by atoms with E-state index in [1.54, 1.807) is 0 Å². The van der Waals surface area contributed by atoms with Crippen LogP contribution in [-0.2, 0) is 11.3 Å². The first-order valence-electron chi connectivity index (χ1n) is 13.3. The average Bonchev–Trinajstić information content (AvgIpc) is 3.53. The van der Waals surface area contributed by atoms with Crippen molar-refractivity contribution in [3.8, 4) is 11.1 Å². The lowest BCUT2D eigenvalue weighted by Crippen LogP contribution is -2.39. The average molecular weight is 473 g/mol. The fourth-order valence-corrected chi connectivity index (χ4v) is 5.92. The quantitative estimate of drug-likeness (QED) is 0.542. The summed E-state index contributed by atoms with van der Waals surface area (Å²) in [4.78, 5) is 22.0. The maximum absolute atomic E-state index is 12.7. The first kappa shape index (κ1) is 22.7. The Bertz CT molecular complexity index is 1210. The van der Waals surface area contributed by atoms with Crippen LogP contribution in [0, 0.1) is 12.3 Å². The Balaban J connectivity index is 1.17. The molecule has 2 aromatic heterocycles. The van der Waals surface area contributed by atoms with Crippen molar-refractivity contribution in [1.29, 1.82) is 0 Å². The molecule has 0 unspecified atom stereocenters. The molecule has 6 rings (SSSR count). The van der Waals surface area contributed by atoms with Crippen molar-refractivity contribution >= 4 is 22.5 Å². The van der Waals surface area contributed by atoms with Gasteiger partial charge in [-0.2, -0.15) is 5.10 Å². The number of fused-ring (bicyclic) bond motifs is 1. The first-order valence-corrected chi connectivity index (χ1v) is 13.3. The van der Waals surface area contributed by atoms with E-state index in [1.165, 1.54) is 50.5 Å². The molecule has 2 aliphatic heterocycles. The molecule has 1 aromatic carbocycles. The van der Waals surface area contributed by atoms with Crippen molar-refractivity contribution in [1.82, 2.24) is 25.0 Å². The first-order chi connectivity index (χ1) is 17.1. The van der Waals surface area contributed by atoms with E-state index in [9.17, 15) is 4.79 Å². The number of nitrogens with zero attached hydrogens (tertiary/aromatic N) is 4. The summed E-state index contributed by atoms with van der Waals surface area (Å²) in [6.45, 7) is 7.79. The molecule has 3 aliphatic rings. The van der Waals surface area contributed by atoms with Crippen molar-refractivity contribution in [2.75, 3.05) is 38.0 Å². The number of likely N-dealkylation sites (tertiary alicyclic amines) is 2. The second-order valence-corrected chi connectivity index (χ2v) is 11.0. The minimum Gasteiger partial charge on any atom is -0.310 e. The summed E-state index contributed by atoms with van der Waals surface area (Å²) in [6.07, 6.45) is 11.0. The smallest absolute Gasteiger partial charge is 0.239 e. The van der Waals surface area contributed by atoms with Gasteiger partial charge in [-0.3, -0.25) is 19.7 Å². The number of piperidine rings is 2. The van der Waals surface area contributed by atoms with Gasteiger partial charge in [-0.25, -0.2) is 4.98 Å². The highest BCUT2D eigenvalue weighted by atomic mass is 16.2. The van der Waals surface area contributed by atoms with Crippen LogP contribution in [0.15, 0.2) is 30.5 Å². The van der Waals surface area contributed by atoms with Crippen molar-refractivity contribution in [2.24, 2.45) is 5.41 Å². The van der Waals surface area contributed by atoms with Crippen molar-refractivity contribution in [2.45, 2.75) is 58.4 Å². The van der Waals surface area contributed by atoms with Crippen LogP contribution in [0.25, 0.3) is 21.9 Å². The number of nitrogens with one attached hydrogen (secondary N) is 2. The molecule has 0 radical (unpaired) electrons. The van der Waals surface area contributed by atoms with E-state index < -0.39 is 0 Å². The van der Waals surface area contributed by atoms with E-state index in [4.69, 9.17) is 0 Å². The molecule has 1 amide bonds. The Morgan fingerprint density at radius 1 is 1.00 bits per heavy atom. The maximum atomic E-state index is 12.7. The largest absolute Gasteiger partial charge is 0.310 e. The third-order valence-corrected chi connectivity index (χ3v) is 8.36. The zero-order valence-electron chi connectivity index (χ0n) is 20.8. The number of rotatable bonds is 6. The van der Waals surface area contributed by atoms with Gasteiger partial charge in [-0.05, 0) is 100 Å². The summed E-state index contributed by atoms with van der Waals surface area (Å²) in [7, 11) is 0. The van der Waals surface area contributed by atoms with Crippen LogP contribution in [-0.4, -0.2) is 63.6 Å². The number of pyridine rings is 1. The Morgan fingerprint density at radius 3 is 2.57 bits per heavy atom. The van der Waals surface area contributed by atoms with Crippen LogP contribution in [0.2, 0.25) is 0 Å². The van der Waals surface area contributed by atoms with Gasteiger partial charge in [0.05, 0.1) is 12.2 Å². The standard InChI is InChI=1S/C28H36N6O/c1-20-27(24(32-31-20)18-33-11-3-2-4-12-33)21-5-6-22-17-29-25(16-23(22)15-21)30-26(35)19-34-13-9-28(7-8-28)10-14-34/h5-6,15-17H,2-4,7-14,18-19H2,1H3,(H,31,32)(H,29,30,35). The molecule has 3 fully saturated rings. The van der Waals surface area contributed by atoms with E-state index in [0.29, 0.717) is 17.8 Å². The number of anilines is 1. The van der Waals surface area contributed by atoms with Gasteiger partial charge in [0.25, 0.3) is 0 Å². The zero-order valence-corrected chi connectivity index (χ0v) is 20.8. The van der Waals surface area contributed by atoms with Gasteiger partial charge in [0.15, 0.2) is 0 Å². The van der Waals surface area contributed by atoms with Crippen LogP contribution in [0.1, 0.15) is 56.3 Å². The molecule has 0 atom stereocenters. The Labute approximate surface area is 207 Å². The molecule has 4 heterocycles. The second kappa shape index (κ2) is 9.36. The van der Waals surface area contributed by atoms with Crippen LogP contribution in [0.3, 0.4) is 0 Å². The highest BCUT2D eigenvalue weighted by Crippen LogP contribution is 2.53. The lowest BCUT2D eigenvalue weighted by atomic mass is 9.94. The SMILES string of the molecule is Cc1[nH]nc(CN2CCCCC2)c1-c1ccc2cnc(NC(=O)CN3CCC4(CC3)CC4)cc2c1. The van der Waals surface area contributed by atoms with Crippen molar-refractivity contribution in [3.63, 3.8) is 0 Å². The third kappa shape index (κ3) is 4.98. The Kier molecular flexibility index (Phi) is 6.06. The normalized spacial score (nSPS) is 20.4. The predicted molar refractivity (Wildman–Crippen MR) is 139 cm³/mol. The molecule has 7 heteroatoms. The number of hydrogen-bond donors (Lipinski definition) is 2. The molecule has 2 N–H and O–H groups in total. The summed E-state index contributed by atoms with van der Waals surface area (Å²) >= 11 is 0. The minimum atomic E-state index is 0.0225. The number of benzene rings is 1. The maximum Gasteiger partial charge on any atom is 0.239 e. The van der Waals surface area contributed by atoms with Gasteiger partial charge < -0.3 is 5.32 Å². The van der Waals surface area contributed by atoms with E-state index in [1.807, 2.05) is 12.3 Å². The number of aromatic amines is 1. The minimum absolute atomic E-state index is 0.0225. The Hall–Kier alpha value is -2.77. The third-order valence-electron chi connectivity index (χ3n) is 8.36. The summed E-state index contributed by atoms with van der Waals surface area (Å²) < 4.78 is 0. The topological polar surface area (TPSA) is 77.1 Å². The van der Waals surface area contributed by atoms with Gasteiger partial charge in [-0.1, -0.05) is 18.6 Å². The van der Waals surface area contributed by atoms with E-state index >= 15 is 0 Å². The molecule has 1 saturated carbocycles.